The molecular formula is C11H7N3OS. The molecule has 78 valence electrons. The van der Waals surface area contributed by atoms with E-state index in [2.05, 4.69) is 15.2 Å². The van der Waals surface area contributed by atoms with Gasteiger partial charge in [0.1, 0.15) is 0 Å². The fourth-order valence-corrected chi connectivity index (χ4v) is 2.25. The van der Waals surface area contributed by atoms with E-state index in [-0.39, 0.29) is 4.87 Å². The first-order chi connectivity index (χ1) is 7.84. The average molecular weight is 229 g/mol. The van der Waals surface area contributed by atoms with Crippen LogP contribution in [-0.4, -0.2) is 15.2 Å². The van der Waals surface area contributed by atoms with Gasteiger partial charge in [0.25, 0.3) is 0 Å². The highest BCUT2D eigenvalue weighted by molar-refractivity contribution is 7.12. The van der Waals surface area contributed by atoms with Crippen molar-refractivity contribution in [1.82, 2.24) is 15.2 Å². The van der Waals surface area contributed by atoms with Gasteiger partial charge in [-0.1, -0.05) is 29.5 Å². The molecule has 4 nitrogen and oxygen atoms in total. The second kappa shape index (κ2) is 3.53. The Bertz CT molecular complexity index is 696. The fraction of sp³-hybridized carbons (Fsp3) is 0. The third kappa shape index (κ3) is 1.42. The lowest BCUT2D eigenvalue weighted by Gasteiger charge is -2.00. The molecule has 0 radical (unpaired) electrons. The summed E-state index contributed by atoms with van der Waals surface area (Å²) in [6, 6.07) is 9.72. The van der Waals surface area contributed by atoms with Gasteiger partial charge in [0, 0.05) is 17.1 Å². The summed E-state index contributed by atoms with van der Waals surface area (Å²) in [7, 11) is 0. The van der Waals surface area contributed by atoms with Crippen LogP contribution in [0.4, 0.5) is 0 Å². The normalized spacial score (nSPS) is 10.8. The minimum absolute atomic E-state index is 0.150. The maximum absolute atomic E-state index is 11.1. The van der Waals surface area contributed by atoms with Crippen molar-refractivity contribution in [2.24, 2.45) is 0 Å². The summed E-state index contributed by atoms with van der Waals surface area (Å²) in [5, 5.41) is 8.11. The van der Waals surface area contributed by atoms with Crippen LogP contribution in [0.15, 0.2) is 41.3 Å². The number of aromatic nitrogens is 3. The van der Waals surface area contributed by atoms with Crippen LogP contribution in [0.3, 0.4) is 0 Å². The number of benzene rings is 1. The van der Waals surface area contributed by atoms with E-state index in [1.165, 1.54) is 0 Å². The van der Waals surface area contributed by atoms with Crippen molar-refractivity contribution >= 4 is 22.2 Å². The lowest BCUT2D eigenvalue weighted by atomic mass is 10.1. The average Bonchev–Trinajstić information content (AvgIpc) is 2.75. The molecule has 1 aromatic carbocycles. The Hall–Kier alpha value is -2.01. The largest absolute Gasteiger partial charge is 0.322 e. The highest BCUT2D eigenvalue weighted by atomic mass is 32.1. The number of H-pyrrole nitrogens is 1. The van der Waals surface area contributed by atoms with Crippen molar-refractivity contribution in [2.75, 3.05) is 0 Å². The van der Waals surface area contributed by atoms with Gasteiger partial charge in [-0.2, -0.15) is 5.10 Å². The highest BCUT2D eigenvalue weighted by Gasteiger charge is 2.08. The molecule has 0 aliphatic rings. The van der Waals surface area contributed by atoms with Crippen LogP contribution in [0.25, 0.3) is 21.5 Å². The quantitative estimate of drug-likeness (QED) is 0.694. The molecule has 0 amide bonds. The summed E-state index contributed by atoms with van der Waals surface area (Å²) in [6.45, 7) is 0. The Balaban J connectivity index is 2.35. The number of nitrogens with one attached hydrogen (secondary N) is 1. The number of pyridine rings is 1. The van der Waals surface area contributed by atoms with E-state index in [0.717, 1.165) is 27.8 Å². The predicted octanol–water partition coefficient (Wildman–Crippen LogP) is 2.05. The molecule has 0 unspecified atom stereocenters. The van der Waals surface area contributed by atoms with E-state index in [1.807, 2.05) is 30.3 Å². The SMILES string of the molecule is O=c1[nH]nc(-c2cccc3cccnc23)s1. The number of nitrogens with zero attached hydrogens (tertiary/aromatic N) is 2. The zero-order valence-corrected chi connectivity index (χ0v) is 8.99. The molecule has 1 N–H and O–H groups in total. The lowest BCUT2D eigenvalue weighted by molar-refractivity contribution is 1.06. The number of rotatable bonds is 1. The standard InChI is InChI=1S/C11H7N3OS/c15-11-14-13-10(16-11)8-5-1-3-7-4-2-6-12-9(7)8/h1-6H,(H,14,15). The van der Waals surface area contributed by atoms with E-state index in [0.29, 0.717) is 5.01 Å². The van der Waals surface area contributed by atoms with Gasteiger partial charge in [0.15, 0.2) is 5.01 Å². The summed E-state index contributed by atoms with van der Waals surface area (Å²) >= 11 is 1.09. The Labute approximate surface area is 94.6 Å². The summed E-state index contributed by atoms with van der Waals surface area (Å²) in [5.74, 6) is 0. The maximum Gasteiger partial charge on any atom is 0.322 e. The van der Waals surface area contributed by atoms with Gasteiger partial charge in [0.2, 0.25) is 0 Å². The molecular weight excluding hydrogens is 222 g/mol. The van der Waals surface area contributed by atoms with Gasteiger partial charge >= 0.3 is 4.87 Å². The fourth-order valence-electron chi connectivity index (χ4n) is 1.62. The van der Waals surface area contributed by atoms with E-state index in [9.17, 15) is 4.79 Å². The monoisotopic (exact) mass is 229 g/mol. The second-order valence-corrected chi connectivity index (χ2v) is 4.26. The molecule has 0 aliphatic carbocycles. The van der Waals surface area contributed by atoms with Gasteiger partial charge in [0.05, 0.1) is 5.52 Å². The molecule has 16 heavy (non-hydrogen) atoms. The van der Waals surface area contributed by atoms with Crippen LogP contribution >= 0.6 is 11.3 Å². The minimum atomic E-state index is -0.150. The molecule has 0 spiro atoms. The number of aromatic amines is 1. The molecule has 0 fully saturated rings. The molecule has 0 bridgehead atoms. The predicted molar refractivity (Wildman–Crippen MR) is 63.5 cm³/mol. The van der Waals surface area contributed by atoms with Crippen molar-refractivity contribution in [3.63, 3.8) is 0 Å². The van der Waals surface area contributed by atoms with Gasteiger partial charge in [-0.15, -0.1) is 0 Å². The molecule has 3 rings (SSSR count). The van der Waals surface area contributed by atoms with E-state index < -0.39 is 0 Å². The first-order valence-electron chi connectivity index (χ1n) is 4.74. The molecule has 3 aromatic rings. The number of fused-ring (bicyclic) bond motifs is 1. The molecule has 0 aliphatic heterocycles. The first kappa shape index (κ1) is 9.23. The molecule has 2 aromatic heterocycles. The van der Waals surface area contributed by atoms with Crippen molar-refractivity contribution < 1.29 is 0 Å². The number of hydrogen-bond acceptors (Lipinski definition) is 4. The first-order valence-corrected chi connectivity index (χ1v) is 5.56. The topological polar surface area (TPSA) is 58.6 Å². The molecule has 0 saturated carbocycles. The van der Waals surface area contributed by atoms with Crippen LogP contribution in [-0.2, 0) is 0 Å². The minimum Gasteiger partial charge on any atom is -0.256 e. The Morgan fingerprint density at radius 3 is 2.88 bits per heavy atom. The van der Waals surface area contributed by atoms with Crippen molar-refractivity contribution in [3.05, 3.63) is 46.2 Å². The summed E-state index contributed by atoms with van der Waals surface area (Å²) < 4.78 is 0. The summed E-state index contributed by atoms with van der Waals surface area (Å²) in [6.07, 6.45) is 1.74. The second-order valence-electron chi connectivity index (χ2n) is 3.30. The molecule has 0 atom stereocenters. The number of para-hydroxylation sites is 1. The van der Waals surface area contributed by atoms with Gasteiger partial charge in [-0.3, -0.25) is 9.78 Å². The van der Waals surface area contributed by atoms with Crippen molar-refractivity contribution in [3.8, 4) is 10.6 Å². The maximum atomic E-state index is 11.1. The lowest BCUT2D eigenvalue weighted by Crippen LogP contribution is -1.90. The van der Waals surface area contributed by atoms with Crippen LogP contribution < -0.4 is 4.87 Å². The van der Waals surface area contributed by atoms with Crippen molar-refractivity contribution in [1.29, 1.82) is 0 Å². The van der Waals surface area contributed by atoms with E-state index >= 15 is 0 Å². The van der Waals surface area contributed by atoms with Gasteiger partial charge in [-0.25, -0.2) is 5.10 Å². The van der Waals surface area contributed by atoms with Gasteiger partial charge in [-0.05, 0) is 12.1 Å². The smallest absolute Gasteiger partial charge is 0.256 e. The van der Waals surface area contributed by atoms with E-state index in [1.54, 1.807) is 6.20 Å². The van der Waals surface area contributed by atoms with Crippen LogP contribution in [0.2, 0.25) is 0 Å². The van der Waals surface area contributed by atoms with Crippen LogP contribution in [0, 0.1) is 0 Å². The van der Waals surface area contributed by atoms with Crippen molar-refractivity contribution in [2.45, 2.75) is 0 Å². The highest BCUT2D eigenvalue weighted by Crippen LogP contribution is 2.26. The van der Waals surface area contributed by atoms with Crippen LogP contribution in [0.5, 0.6) is 0 Å². The van der Waals surface area contributed by atoms with Crippen LogP contribution in [0.1, 0.15) is 0 Å². The zero-order chi connectivity index (χ0) is 11.0. The van der Waals surface area contributed by atoms with E-state index in [4.69, 9.17) is 0 Å². The Morgan fingerprint density at radius 2 is 2.06 bits per heavy atom. The zero-order valence-electron chi connectivity index (χ0n) is 8.18. The molecule has 5 heteroatoms. The molecule has 2 heterocycles. The Morgan fingerprint density at radius 1 is 1.19 bits per heavy atom. The Kier molecular flexibility index (Phi) is 2.04. The van der Waals surface area contributed by atoms with Gasteiger partial charge < -0.3 is 0 Å². The number of hydrogen-bond donors (Lipinski definition) is 1. The third-order valence-corrected chi connectivity index (χ3v) is 3.08. The summed E-state index contributed by atoms with van der Waals surface area (Å²) in [4.78, 5) is 15.2. The summed E-state index contributed by atoms with van der Waals surface area (Å²) in [5.41, 5.74) is 1.76. The molecule has 0 saturated heterocycles. The third-order valence-electron chi connectivity index (χ3n) is 2.30.